The highest BCUT2D eigenvalue weighted by Gasteiger charge is 2.29. The molecule has 1 saturated heterocycles. The maximum atomic E-state index is 10.1. The Bertz CT molecular complexity index is 393. The van der Waals surface area contributed by atoms with Gasteiger partial charge < -0.3 is 10.4 Å². The van der Waals surface area contributed by atoms with E-state index in [1.54, 1.807) is 0 Å². The van der Waals surface area contributed by atoms with Crippen molar-refractivity contribution in [2.45, 2.75) is 30.6 Å². The number of benzene rings is 1. The van der Waals surface area contributed by atoms with E-state index in [2.05, 4.69) is 12.2 Å². The Morgan fingerprint density at radius 2 is 2.28 bits per heavy atom. The van der Waals surface area contributed by atoms with Crippen LogP contribution in [0.25, 0.3) is 0 Å². The molecule has 0 radical (unpaired) electrons. The summed E-state index contributed by atoms with van der Waals surface area (Å²) in [7, 11) is 0. The van der Waals surface area contributed by atoms with Gasteiger partial charge in [-0.05, 0) is 31.6 Å². The lowest BCUT2D eigenvalue weighted by atomic mass is 10.1. The van der Waals surface area contributed by atoms with E-state index in [1.165, 1.54) is 18.6 Å². The van der Waals surface area contributed by atoms with Crippen LogP contribution in [0, 0.1) is 0 Å². The predicted octanol–water partition coefficient (Wildman–Crippen LogP) is 3.25. The smallest absolute Gasteiger partial charge is 0.0928 e. The SMILES string of the molecule is CC1(CNCC(O)c2ccccc2Cl)CCCS1. The Kier molecular flexibility index (Phi) is 4.96. The van der Waals surface area contributed by atoms with Gasteiger partial charge in [-0.15, -0.1) is 0 Å². The van der Waals surface area contributed by atoms with Crippen molar-refractivity contribution < 1.29 is 5.11 Å². The van der Waals surface area contributed by atoms with Crippen molar-refractivity contribution in [1.29, 1.82) is 0 Å². The summed E-state index contributed by atoms with van der Waals surface area (Å²) in [6.45, 7) is 3.79. The number of rotatable bonds is 5. The highest BCUT2D eigenvalue weighted by atomic mass is 35.5. The summed E-state index contributed by atoms with van der Waals surface area (Å²) in [5, 5.41) is 14.1. The summed E-state index contributed by atoms with van der Waals surface area (Å²) in [4.78, 5) is 0. The Labute approximate surface area is 118 Å². The van der Waals surface area contributed by atoms with Crippen LogP contribution in [0.3, 0.4) is 0 Å². The molecule has 2 nitrogen and oxygen atoms in total. The fourth-order valence-corrected chi connectivity index (χ4v) is 3.84. The zero-order valence-corrected chi connectivity index (χ0v) is 12.2. The Hall–Kier alpha value is -0.220. The number of halogens is 1. The highest BCUT2D eigenvalue weighted by Crippen LogP contribution is 2.37. The first-order valence-electron chi connectivity index (χ1n) is 6.38. The molecule has 2 unspecified atom stereocenters. The normalized spacial score (nSPS) is 25.3. The van der Waals surface area contributed by atoms with E-state index in [0.717, 1.165) is 12.1 Å². The lowest BCUT2D eigenvalue weighted by molar-refractivity contribution is 0.174. The van der Waals surface area contributed by atoms with Crippen LogP contribution in [0.1, 0.15) is 31.4 Å². The van der Waals surface area contributed by atoms with Crippen LogP contribution in [-0.4, -0.2) is 28.7 Å². The van der Waals surface area contributed by atoms with Gasteiger partial charge in [-0.1, -0.05) is 29.8 Å². The van der Waals surface area contributed by atoms with Gasteiger partial charge in [-0.25, -0.2) is 0 Å². The van der Waals surface area contributed by atoms with Crippen molar-refractivity contribution in [3.05, 3.63) is 34.9 Å². The van der Waals surface area contributed by atoms with E-state index in [0.29, 0.717) is 16.3 Å². The minimum Gasteiger partial charge on any atom is -0.387 e. The molecule has 1 fully saturated rings. The molecule has 0 aromatic heterocycles. The fraction of sp³-hybridized carbons (Fsp3) is 0.571. The summed E-state index contributed by atoms with van der Waals surface area (Å²) >= 11 is 8.09. The second kappa shape index (κ2) is 6.29. The van der Waals surface area contributed by atoms with Gasteiger partial charge in [-0.3, -0.25) is 0 Å². The highest BCUT2D eigenvalue weighted by molar-refractivity contribution is 8.00. The number of aliphatic hydroxyl groups is 1. The Morgan fingerprint density at radius 1 is 1.50 bits per heavy atom. The molecule has 0 saturated carbocycles. The number of hydrogen-bond donors (Lipinski definition) is 2. The lowest BCUT2D eigenvalue weighted by Crippen LogP contribution is -2.35. The standard InChI is InChI=1S/C14H20ClNOS/c1-14(7-4-8-18-14)10-16-9-13(17)11-5-2-3-6-12(11)15/h2-3,5-6,13,16-17H,4,7-10H2,1H3. The van der Waals surface area contributed by atoms with Crippen molar-refractivity contribution >= 4 is 23.4 Å². The first-order valence-corrected chi connectivity index (χ1v) is 7.74. The molecule has 0 aliphatic carbocycles. The van der Waals surface area contributed by atoms with Gasteiger partial charge in [0.05, 0.1) is 6.10 Å². The second-order valence-corrected chi connectivity index (χ2v) is 7.16. The van der Waals surface area contributed by atoms with Gasteiger partial charge in [0, 0.05) is 28.4 Å². The van der Waals surface area contributed by atoms with Gasteiger partial charge in [0.15, 0.2) is 0 Å². The lowest BCUT2D eigenvalue weighted by Gasteiger charge is -2.24. The number of aliphatic hydroxyl groups excluding tert-OH is 1. The molecule has 0 amide bonds. The molecule has 1 aliphatic heterocycles. The van der Waals surface area contributed by atoms with Gasteiger partial charge in [0.2, 0.25) is 0 Å². The van der Waals surface area contributed by atoms with Crippen molar-refractivity contribution in [2.24, 2.45) is 0 Å². The maximum Gasteiger partial charge on any atom is 0.0928 e. The van der Waals surface area contributed by atoms with Crippen LogP contribution < -0.4 is 5.32 Å². The number of hydrogen-bond acceptors (Lipinski definition) is 3. The van der Waals surface area contributed by atoms with Gasteiger partial charge in [0.25, 0.3) is 0 Å². The van der Waals surface area contributed by atoms with Gasteiger partial charge in [0.1, 0.15) is 0 Å². The van der Waals surface area contributed by atoms with E-state index in [-0.39, 0.29) is 0 Å². The molecule has 2 N–H and O–H groups in total. The van der Waals surface area contributed by atoms with Crippen LogP contribution in [0.5, 0.6) is 0 Å². The van der Waals surface area contributed by atoms with Crippen LogP contribution in [0.4, 0.5) is 0 Å². The van der Waals surface area contributed by atoms with Crippen LogP contribution in [0.15, 0.2) is 24.3 Å². The fourth-order valence-electron chi connectivity index (χ4n) is 2.30. The molecule has 0 spiro atoms. The third-order valence-electron chi connectivity index (χ3n) is 3.40. The summed E-state index contributed by atoms with van der Waals surface area (Å²) in [5.74, 6) is 1.26. The average molecular weight is 286 g/mol. The monoisotopic (exact) mass is 285 g/mol. The summed E-state index contributed by atoms with van der Waals surface area (Å²) in [5.41, 5.74) is 0.802. The molecule has 0 bridgehead atoms. The third kappa shape index (κ3) is 3.64. The van der Waals surface area contributed by atoms with Crippen molar-refractivity contribution in [1.82, 2.24) is 5.32 Å². The molecule has 1 aliphatic rings. The van der Waals surface area contributed by atoms with Gasteiger partial charge >= 0.3 is 0 Å². The molecule has 4 heteroatoms. The van der Waals surface area contributed by atoms with E-state index in [1.807, 2.05) is 36.0 Å². The van der Waals surface area contributed by atoms with E-state index >= 15 is 0 Å². The predicted molar refractivity (Wildman–Crippen MR) is 79.4 cm³/mol. The van der Waals surface area contributed by atoms with E-state index < -0.39 is 6.10 Å². The quantitative estimate of drug-likeness (QED) is 0.871. The molecule has 2 rings (SSSR count). The van der Waals surface area contributed by atoms with Crippen molar-refractivity contribution in [3.63, 3.8) is 0 Å². The first kappa shape index (κ1) is 14.2. The summed E-state index contributed by atoms with van der Waals surface area (Å²) in [6, 6.07) is 7.47. The molecular formula is C14H20ClNOS. The maximum absolute atomic E-state index is 10.1. The largest absolute Gasteiger partial charge is 0.387 e. The molecule has 100 valence electrons. The molecule has 18 heavy (non-hydrogen) atoms. The van der Waals surface area contributed by atoms with E-state index in [4.69, 9.17) is 11.6 Å². The number of nitrogens with one attached hydrogen (secondary N) is 1. The van der Waals surface area contributed by atoms with Crippen LogP contribution in [-0.2, 0) is 0 Å². The first-order chi connectivity index (χ1) is 8.61. The molecular weight excluding hydrogens is 266 g/mol. The Balaban J connectivity index is 1.82. The number of thioether (sulfide) groups is 1. The van der Waals surface area contributed by atoms with Crippen molar-refractivity contribution in [3.8, 4) is 0 Å². The second-order valence-electron chi connectivity index (χ2n) is 5.07. The zero-order chi connectivity index (χ0) is 13.0. The van der Waals surface area contributed by atoms with Crippen LogP contribution in [0.2, 0.25) is 5.02 Å². The third-order valence-corrected chi connectivity index (χ3v) is 5.28. The molecule has 2 atom stereocenters. The molecule has 1 aromatic rings. The van der Waals surface area contributed by atoms with E-state index in [9.17, 15) is 5.11 Å². The zero-order valence-electron chi connectivity index (χ0n) is 10.7. The summed E-state index contributed by atoms with van der Waals surface area (Å²) < 4.78 is 0.334. The average Bonchev–Trinajstić information content (AvgIpc) is 2.77. The molecule has 1 heterocycles. The minimum absolute atomic E-state index is 0.334. The minimum atomic E-state index is -0.534. The topological polar surface area (TPSA) is 32.3 Å². The van der Waals surface area contributed by atoms with Crippen molar-refractivity contribution in [2.75, 3.05) is 18.8 Å². The van der Waals surface area contributed by atoms with Gasteiger partial charge in [-0.2, -0.15) is 11.8 Å². The Morgan fingerprint density at radius 3 is 2.94 bits per heavy atom. The van der Waals surface area contributed by atoms with Crippen LogP contribution >= 0.6 is 23.4 Å². The molecule has 1 aromatic carbocycles. The summed E-state index contributed by atoms with van der Waals surface area (Å²) in [6.07, 6.45) is 2.02.